The van der Waals surface area contributed by atoms with Gasteiger partial charge in [0.05, 0.1) is 5.75 Å². The zero-order valence-electron chi connectivity index (χ0n) is 6.46. The summed E-state index contributed by atoms with van der Waals surface area (Å²) in [4.78, 5) is 0. The Morgan fingerprint density at radius 3 is 2.45 bits per heavy atom. The summed E-state index contributed by atoms with van der Waals surface area (Å²) in [5.41, 5.74) is 0. The zero-order valence-corrected chi connectivity index (χ0v) is 8.03. The van der Waals surface area contributed by atoms with E-state index < -0.39 is 10.0 Å². The van der Waals surface area contributed by atoms with Crippen molar-refractivity contribution in [2.45, 2.75) is 18.9 Å². The molecule has 0 amide bonds. The summed E-state index contributed by atoms with van der Waals surface area (Å²) in [6, 6.07) is 0.253. The second-order valence-corrected chi connectivity index (χ2v) is 5.28. The Labute approximate surface area is 72.4 Å². The van der Waals surface area contributed by atoms with Crippen LogP contribution in [0.3, 0.4) is 0 Å². The lowest BCUT2D eigenvalue weighted by Gasteiger charge is -2.14. The highest BCUT2D eigenvalue weighted by molar-refractivity contribution is 7.89. The summed E-state index contributed by atoms with van der Waals surface area (Å²) in [5.74, 6) is 0.237. The van der Waals surface area contributed by atoms with E-state index in [1.165, 1.54) is 4.31 Å². The van der Waals surface area contributed by atoms with Gasteiger partial charge in [0.15, 0.2) is 0 Å². The van der Waals surface area contributed by atoms with Crippen LogP contribution in [-0.4, -0.2) is 37.4 Å². The topological polar surface area (TPSA) is 37.4 Å². The van der Waals surface area contributed by atoms with Gasteiger partial charge in [-0.2, -0.15) is 0 Å². The van der Waals surface area contributed by atoms with Crippen LogP contribution < -0.4 is 0 Å². The molecular formula is C6H12ClNO2S. The minimum Gasteiger partial charge on any atom is -0.212 e. The van der Waals surface area contributed by atoms with Crippen LogP contribution in [0.1, 0.15) is 12.8 Å². The van der Waals surface area contributed by atoms with Crippen molar-refractivity contribution in [3.8, 4) is 0 Å². The lowest BCUT2D eigenvalue weighted by atomic mass is 10.7. The molecule has 5 heteroatoms. The maximum absolute atomic E-state index is 11.3. The van der Waals surface area contributed by atoms with E-state index in [0.29, 0.717) is 0 Å². The van der Waals surface area contributed by atoms with Crippen molar-refractivity contribution in [2.24, 2.45) is 0 Å². The lowest BCUT2D eigenvalue weighted by Crippen LogP contribution is -2.31. The van der Waals surface area contributed by atoms with Gasteiger partial charge in [-0.3, -0.25) is 0 Å². The highest BCUT2D eigenvalue weighted by Gasteiger charge is 2.33. The van der Waals surface area contributed by atoms with Crippen LogP contribution >= 0.6 is 11.6 Å². The molecule has 1 rings (SSSR count). The number of nitrogens with zero attached hydrogens (tertiary/aromatic N) is 1. The summed E-state index contributed by atoms with van der Waals surface area (Å²) >= 11 is 5.35. The third-order valence-corrected chi connectivity index (χ3v) is 4.14. The minimum absolute atomic E-state index is 0.0571. The molecule has 1 aliphatic rings. The van der Waals surface area contributed by atoms with Crippen LogP contribution in [0.15, 0.2) is 0 Å². The van der Waals surface area contributed by atoms with Crippen LogP contribution in [0, 0.1) is 0 Å². The molecule has 1 saturated carbocycles. The van der Waals surface area contributed by atoms with Gasteiger partial charge < -0.3 is 0 Å². The molecule has 0 atom stereocenters. The third-order valence-electron chi connectivity index (χ3n) is 1.83. The first-order chi connectivity index (χ1) is 5.08. The molecule has 0 saturated heterocycles. The molecule has 11 heavy (non-hydrogen) atoms. The zero-order chi connectivity index (χ0) is 8.48. The van der Waals surface area contributed by atoms with Crippen LogP contribution in [-0.2, 0) is 10.0 Å². The quantitative estimate of drug-likeness (QED) is 0.621. The van der Waals surface area contributed by atoms with Crippen LogP contribution in [0.25, 0.3) is 0 Å². The highest BCUT2D eigenvalue weighted by Crippen LogP contribution is 2.27. The van der Waals surface area contributed by atoms with Crippen LogP contribution in [0.4, 0.5) is 0 Å². The first-order valence-electron chi connectivity index (χ1n) is 3.59. The van der Waals surface area contributed by atoms with Gasteiger partial charge in [0.2, 0.25) is 10.0 Å². The van der Waals surface area contributed by atoms with E-state index in [1.807, 2.05) is 0 Å². The summed E-state index contributed by atoms with van der Waals surface area (Å²) in [5, 5.41) is 0. The SMILES string of the molecule is CN(C1CC1)S(=O)(=O)CCCl. The van der Waals surface area contributed by atoms with Crippen molar-refractivity contribution in [1.82, 2.24) is 4.31 Å². The Balaban J connectivity index is 2.55. The lowest BCUT2D eigenvalue weighted by molar-refractivity contribution is 0.465. The normalized spacial score (nSPS) is 19.2. The number of sulfonamides is 1. The molecule has 0 aromatic heterocycles. The summed E-state index contributed by atoms with van der Waals surface area (Å²) in [6.45, 7) is 0. The predicted molar refractivity (Wildman–Crippen MR) is 45.3 cm³/mol. The van der Waals surface area contributed by atoms with Crippen molar-refractivity contribution in [2.75, 3.05) is 18.7 Å². The maximum atomic E-state index is 11.3. The molecule has 0 N–H and O–H groups in total. The average molecular weight is 198 g/mol. The summed E-state index contributed by atoms with van der Waals surface area (Å²) < 4.78 is 23.9. The monoisotopic (exact) mass is 197 g/mol. The first-order valence-corrected chi connectivity index (χ1v) is 5.74. The maximum Gasteiger partial charge on any atom is 0.215 e. The van der Waals surface area contributed by atoms with Gasteiger partial charge in [-0.15, -0.1) is 11.6 Å². The smallest absolute Gasteiger partial charge is 0.212 e. The van der Waals surface area contributed by atoms with Gasteiger partial charge >= 0.3 is 0 Å². The molecule has 0 aromatic rings. The van der Waals surface area contributed by atoms with Crippen molar-refractivity contribution in [3.05, 3.63) is 0 Å². The number of alkyl halides is 1. The number of rotatable bonds is 4. The first kappa shape index (κ1) is 9.29. The molecule has 0 radical (unpaired) electrons. The standard InChI is InChI=1S/C6H12ClNO2S/c1-8(6-2-3-6)11(9,10)5-4-7/h6H,2-5H2,1H3. The molecule has 66 valence electrons. The predicted octanol–water partition coefficient (Wildman–Crippen LogP) is 0.649. The minimum atomic E-state index is -3.05. The Morgan fingerprint density at radius 1 is 1.55 bits per heavy atom. The second kappa shape index (κ2) is 3.29. The van der Waals surface area contributed by atoms with Crippen molar-refractivity contribution >= 4 is 21.6 Å². The molecule has 3 nitrogen and oxygen atoms in total. The van der Waals surface area contributed by atoms with Crippen molar-refractivity contribution in [1.29, 1.82) is 0 Å². The fourth-order valence-electron chi connectivity index (χ4n) is 0.907. The molecular weight excluding hydrogens is 186 g/mol. The van der Waals surface area contributed by atoms with E-state index in [1.54, 1.807) is 7.05 Å². The fraction of sp³-hybridized carbons (Fsp3) is 1.00. The molecule has 0 heterocycles. The number of hydrogen-bond donors (Lipinski definition) is 0. The van der Waals surface area contributed by atoms with E-state index in [4.69, 9.17) is 11.6 Å². The summed E-state index contributed by atoms with van der Waals surface area (Å²) in [7, 11) is -1.42. The van der Waals surface area contributed by atoms with Gasteiger partial charge in [0.1, 0.15) is 0 Å². The van der Waals surface area contributed by atoms with E-state index in [0.717, 1.165) is 12.8 Å². The van der Waals surface area contributed by atoms with Crippen LogP contribution in [0.2, 0.25) is 0 Å². The largest absolute Gasteiger partial charge is 0.215 e. The molecule has 0 unspecified atom stereocenters. The van der Waals surface area contributed by atoms with Crippen molar-refractivity contribution in [3.63, 3.8) is 0 Å². The second-order valence-electron chi connectivity index (χ2n) is 2.75. The van der Waals surface area contributed by atoms with Gasteiger partial charge in [-0.05, 0) is 12.8 Å². The molecule has 0 spiro atoms. The van der Waals surface area contributed by atoms with E-state index in [-0.39, 0.29) is 17.7 Å². The van der Waals surface area contributed by atoms with E-state index in [9.17, 15) is 8.42 Å². The average Bonchev–Trinajstić information content (AvgIpc) is 2.67. The van der Waals surface area contributed by atoms with Gasteiger partial charge in [-0.1, -0.05) is 0 Å². The number of halogens is 1. The molecule has 1 aliphatic carbocycles. The highest BCUT2D eigenvalue weighted by atomic mass is 35.5. The molecule has 0 aromatic carbocycles. The van der Waals surface area contributed by atoms with Crippen molar-refractivity contribution < 1.29 is 8.42 Å². The van der Waals surface area contributed by atoms with Gasteiger partial charge in [-0.25, -0.2) is 12.7 Å². The fourth-order valence-corrected chi connectivity index (χ4v) is 2.64. The molecule has 0 bridgehead atoms. The Hall–Kier alpha value is 0.200. The molecule has 0 aliphatic heterocycles. The Bertz CT molecular complexity index is 223. The van der Waals surface area contributed by atoms with Gasteiger partial charge in [0.25, 0.3) is 0 Å². The Morgan fingerprint density at radius 2 is 2.09 bits per heavy atom. The summed E-state index contributed by atoms with van der Waals surface area (Å²) in [6.07, 6.45) is 2.00. The number of hydrogen-bond acceptors (Lipinski definition) is 2. The molecule has 1 fully saturated rings. The van der Waals surface area contributed by atoms with E-state index >= 15 is 0 Å². The third kappa shape index (κ3) is 2.32. The van der Waals surface area contributed by atoms with Crippen LogP contribution in [0.5, 0.6) is 0 Å². The van der Waals surface area contributed by atoms with Gasteiger partial charge in [0, 0.05) is 19.0 Å². The Kier molecular flexibility index (Phi) is 2.78. The van der Waals surface area contributed by atoms with E-state index in [2.05, 4.69) is 0 Å².